The summed E-state index contributed by atoms with van der Waals surface area (Å²) in [7, 11) is 4.44. The van der Waals surface area contributed by atoms with E-state index in [4.69, 9.17) is 19.3 Å². The zero-order chi connectivity index (χ0) is 14.9. The number of β-amino-alcohol motifs (C(OH)–C–C–N with tert-alkyl or cyclic N) is 1. The molecule has 0 aromatic heterocycles. The SMILES string of the molecule is COc1cc(N2C[C@@](O)(CO)C2=O)cc(OC)c1OC. The molecule has 1 aliphatic heterocycles. The first kappa shape index (κ1) is 14.4. The van der Waals surface area contributed by atoms with Crippen LogP contribution in [0.1, 0.15) is 0 Å². The van der Waals surface area contributed by atoms with Crippen molar-refractivity contribution in [3.63, 3.8) is 0 Å². The van der Waals surface area contributed by atoms with Crippen molar-refractivity contribution in [3.05, 3.63) is 12.1 Å². The molecule has 1 heterocycles. The highest BCUT2D eigenvalue weighted by molar-refractivity contribution is 6.07. The number of hydrogen-bond donors (Lipinski definition) is 2. The largest absolute Gasteiger partial charge is 0.493 e. The number of aliphatic hydroxyl groups excluding tert-OH is 1. The molecule has 0 radical (unpaired) electrons. The monoisotopic (exact) mass is 283 g/mol. The fourth-order valence-corrected chi connectivity index (χ4v) is 2.11. The third kappa shape index (κ3) is 2.04. The average Bonchev–Trinajstić information content (AvgIpc) is 2.50. The minimum Gasteiger partial charge on any atom is -0.493 e. The lowest BCUT2D eigenvalue weighted by Gasteiger charge is -2.44. The molecule has 20 heavy (non-hydrogen) atoms. The van der Waals surface area contributed by atoms with Gasteiger partial charge in [-0.1, -0.05) is 0 Å². The van der Waals surface area contributed by atoms with E-state index in [2.05, 4.69) is 0 Å². The lowest BCUT2D eigenvalue weighted by atomic mass is 9.93. The van der Waals surface area contributed by atoms with Gasteiger partial charge in [0.1, 0.15) is 0 Å². The smallest absolute Gasteiger partial charge is 0.263 e. The maximum Gasteiger partial charge on any atom is 0.263 e. The van der Waals surface area contributed by atoms with Crippen LogP contribution in [0.15, 0.2) is 12.1 Å². The van der Waals surface area contributed by atoms with Crippen molar-refractivity contribution in [1.29, 1.82) is 0 Å². The summed E-state index contributed by atoms with van der Waals surface area (Å²) < 4.78 is 15.6. The van der Waals surface area contributed by atoms with Crippen LogP contribution in [-0.4, -0.2) is 56.2 Å². The van der Waals surface area contributed by atoms with E-state index in [1.165, 1.54) is 26.2 Å². The number of β-lactam (4-membered cyclic amide) rings is 1. The normalized spacial score (nSPS) is 21.4. The summed E-state index contributed by atoms with van der Waals surface area (Å²) in [5, 5.41) is 18.7. The van der Waals surface area contributed by atoms with E-state index in [0.29, 0.717) is 22.9 Å². The summed E-state index contributed by atoms with van der Waals surface area (Å²) in [4.78, 5) is 13.2. The zero-order valence-electron chi connectivity index (χ0n) is 11.5. The lowest BCUT2D eigenvalue weighted by Crippen LogP contribution is -2.69. The van der Waals surface area contributed by atoms with Crippen LogP contribution in [0, 0.1) is 0 Å². The molecule has 7 heteroatoms. The Balaban J connectivity index is 2.37. The van der Waals surface area contributed by atoms with Crippen molar-refractivity contribution in [2.45, 2.75) is 5.60 Å². The second kappa shape index (κ2) is 5.18. The Hall–Kier alpha value is -1.99. The van der Waals surface area contributed by atoms with Crippen molar-refractivity contribution in [2.24, 2.45) is 0 Å². The van der Waals surface area contributed by atoms with E-state index in [9.17, 15) is 9.90 Å². The molecule has 1 fully saturated rings. The summed E-state index contributed by atoms with van der Waals surface area (Å²) in [6.45, 7) is -0.590. The summed E-state index contributed by atoms with van der Waals surface area (Å²) in [5.74, 6) is 0.682. The highest BCUT2D eigenvalue weighted by Gasteiger charge is 2.51. The number of rotatable bonds is 5. The van der Waals surface area contributed by atoms with Gasteiger partial charge in [0.05, 0.1) is 40.2 Å². The Morgan fingerprint density at radius 1 is 1.20 bits per heavy atom. The molecule has 0 unspecified atom stereocenters. The number of nitrogens with zero attached hydrogens (tertiary/aromatic N) is 1. The molecule has 1 saturated heterocycles. The molecule has 0 aliphatic carbocycles. The zero-order valence-corrected chi connectivity index (χ0v) is 11.5. The molecular weight excluding hydrogens is 266 g/mol. The second-order valence-electron chi connectivity index (χ2n) is 4.46. The molecule has 0 bridgehead atoms. The number of hydrogen-bond acceptors (Lipinski definition) is 6. The van der Waals surface area contributed by atoms with Gasteiger partial charge in [-0.2, -0.15) is 0 Å². The predicted octanol–water partition coefficient (Wildman–Crippen LogP) is -0.218. The van der Waals surface area contributed by atoms with Gasteiger partial charge >= 0.3 is 0 Å². The molecule has 1 amide bonds. The van der Waals surface area contributed by atoms with Crippen molar-refractivity contribution >= 4 is 11.6 Å². The van der Waals surface area contributed by atoms with Crippen LogP contribution in [0.5, 0.6) is 17.2 Å². The summed E-state index contributed by atoms with van der Waals surface area (Å²) in [6, 6.07) is 3.21. The van der Waals surface area contributed by atoms with Gasteiger partial charge in [0.15, 0.2) is 17.1 Å². The third-order valence-electron chi connectivity index (χ3n) is 3.29. The quantitative estimate of drug-likeness (QED) is 0.727. The van der Waals surface area contributed by atoms with Crippen LogP contribution in [0.2, 0.25) is 0 Å². The maximum absolute atomic E-state index is 11.9. The van der Waals surface area contributed by atoms with E-state index in [1.807, 2.05) is 0 Å². The van der Waals surface area contributed by atoms with E-state index < -0.39 is 18.1 Å². The van der Waals surface area contributed by atoms with Crippen LogP contribution >= 0.6 is 0 Å². The number of carbonyl (C=O) groups is 1. The molecule has 7 nitrogen and oxygen atoms in total. The number of amides is 1. The second-order valence-corrected chi connectivity index (χ2v) is 4.46. The standard InChI is InChI=1S/C13H17NO6/c1-18-9-4-8(5-10(19-2)11(9)20-3)14-6-13(17,7-15)12(14)16/h4-5,15,17H,6-7H2,1-3H3/t13-/m1/s1. The highest BCUT2D eigenvalue weighted by Crippen LogP contribution is 2.42. The van der Waals surface area contributed by atoms with Gasteiger partial charge in [0, 0.05) is 12.1 Å². The number of aliphatic hydroxyl groups is 2. The van der Waals surface area contributed by atoms with Gasteiger partial charge in [0.25, 0.3) is 5.91 Å². The topological polar surface area (TPSA) is 88.5 Å². The molecule has 0 saturated carbocycles. The maximum atomic E-state index is 11.9. The summed E-state index contributed by atoms with van der Waals surface area (Å²) in [5.41, 5.74) is -1.19. The third-order valence-corrected chi connectivity index (χ3v) is 3.29. The Kier molecular flexibility index (Phi) is 3.74. The van der Waals surface area contributed by atoms with E-state index in [1.54, 1.807) is 12.1 Å². The number of benzene rings is 1. The Morgan fingerprint density at radius 3 is 2.10 bits per heavy atom. The molecule has 1 aliphatic rings. The molecule has 1 aromatic rings. The van der Waals surface area contributed by atoms with Crippen LogP contribution in [0.4, 0.5) is 5.69 Å². The fourth-order valence-electron chi connectivity index (χ4n) is 2.11. The minimum absolute atomic E-state index is 0.0149. The van der Waals surface area contributed by atoms with Gasteiger partial charge in [-0.3, -0.25) is 4.79 Å². The molecular formula is C13H17NO6. The molecule has 2 rings (SSSR count). The molecule has 1 atom stereocenters. The first-order chi connectivity index (χ1) is 9.50. The van der Waals surface area contributed by atoms with E-state index >= 15 is 0 Å². The molecule has 0 spiro atoms. The highest BCUT2D eigenvalue weighted by atomic mass is 16.5. The Bertz CT molecular complexity index is 507. The molecule has 2 N–H and O–H groups in total. The fraction of sp³-hybridized carbons (Fsp3) is 0.462. The Labute approximate surface area is 116 Å². The summed E-state index contributed by atoms with van der Waals surface area (Å²) >= 11 is 0. The molecule has 110 valence electrons. The number of methoxy groups -OCH3 is 3. The number of anilines is 1. The number of carbonyl (C=O) groups excluding carboxylic acids is 1. The average molecular weight is 283 g/mol. The van der Waals surface area contributed by atoms with Gasteiger partial charge in [-0.15, -0.1) is 0 Å². The van der Waals surface area contributed by atoms with Gasteiger partial charge in [0.2, 0.25) is 5.75 Å². The van der Waals surface area contributed by atoms with Gasteiger partial charge in [-0.25, -0.2) is 0 Å². The van der Waals surface area contributed by atoms with E-state index in [0.717, 1.165) is 0 Å². The van der Waals surface area contributed by atoms with E-state index in [-0.39, 0.29) is 6.54 Å². The lowest BCUT2D eigenvalue weighted by molar-refractivity contribution is -0.150. The van der Waals surface area contributed by atoms with Crippen LogP contribution in [0.3, 0.4) is 0 Å². The van der Waals surface area contributed by atoms with Crippen molar-refractivity contribution < 1.29 is 29.2 Å². The minimum atomic E-state index is -1.69. The van der Waals surface area contributed by atoms with Crippen LogP contribution in [0.25, 0.3) is 0 Å². The van der Waals surface area contributed by atoms with Gasteiger partial charge < -0.3 is 29.3 Å². The Morgan fingerprint density at radius 2 is 1.75 bits per heavy atom. The first-order valence-electron chi connectivity index (χ1n) is 5.96. The predicted molar refractivity (Wildman–Crippen MR) is 70.5 cm³/mol. The van der Waals surface area contributed by atoms with Crippen molar-refractivity contribution in [1.82, 2.24) is 0 Å². The first-order valence-corrected chi connectivity index (χ1v) is 5.96. The number of ether oxygens (including phenoxy) is 3. The molecule has 1 aromatic carbocycles. The van der Waals surface area contributed by atoms with Crippen LogP contribution < -0.4 is 19.1 Å². The summed E-state index contributed by atoms with van der Waals surface area (Å²) in [6.07, 6.45) is 0. The van der Waals surface area contributed by atoms with Crippen molar-refractivity contribution in [3.8, 4) is 17.2 Å². The van der Waals surface area contributed by atoms with Crippen molar-refractivity contribution in [2.75, 3.05) is 39.4 Å². The van der Waals surface area contributed by atoms with Crippen LogP contribution in [-0.2, 0) is 4.79 Å². The van der Waals surface area contributed by atoms with Gasteiger partial charge in [-0.05, 0) is 0 Å².